The number of halogens is 3. The van der Waals surface area contributed by atoms with E-state index < -0.39 is 11.9 Å². The molecule has 112 valence electrons. The number of alkyl halides is 3. The number of nitrogens with one attached hydrogen (secondary N) is 1. The zero-order chi connectivity index (χ0) is 15.5. The molecule has 1 saturated heterocycles. The van der Waals surface area contributed by atoms with Gasteiger partial charge in [-0.2, -0.15) is 18.4 Å². The lowest BCUT2D eigenvalue weighted by Crippen LogP contribution is -2.33. The fourth-order valence-electron chi connectivity index (χ4n) is 2.08. The van der Waals surface area contributed by atoms with Gasteiger partial charge >= 0.3 is 6.18 Å². The summed E-state index contributed by atoms with van der Waals surface area (Å²) in [4.78, 5) is 16.8. The topological polar surface area (TPSA) is 69.0 Å². The van der Waals surface area contributed by atoms with Crippen molar-refractivity contribution in [1.29, 1.82) is 5.26 Å². The van der Waals surface area contributed by atoms with Gasteiger partial charge in [-0.15, -0.1) is 0 Å². The summed E-state index contributed by atoms with van der Waals surface area (Å²) >= 11 is 0. The van der Waals surface area contributed by atoms with Gasteiger partial charge in [-0.1, -0.05) is 0 Å². The van der Waals surface area contributed by atoms with Crippen LogP contribution in [0, 0.1) is 11.3 Å². The van der Waals surface area contributed by atoms with Crippen molar-refractivity contribution in [2.75, 3.05) is 25.0 Å². The molecule has 1 fully saturated rings. The summed E-state index contributed by atoms with van der Waals surface area (Å²) in [7, 11) is 0. The Bertz CT molecular complexity index is 574. The maximum Gasteiger partial charge on any atom is 0.433 e. The number of likely N-dealkylation sites (tertiary alicyclic amines) is 1. The zero-order valence-electron chi connectivity index (χ0n) is 11.1. The van der Waals surface area contributed by atoms with Crippen LogP contribution in [0.15, 0.2) is 12.1 Å². The van der Waals surface area contributed by atoms with E-state index in [4.69, 9.17) is 5.26 Å². The summed E-state index contributed by atoms with van der Waals surface area (Å²) in [6, 6.07) is 3.53. The van der Waals surface area contributed by atoms with Crippen LogP contribution in [0.4, 0.5) is 19.0 Å². The predicted octanol–water partition coefficient (Wildman–Crippen LogP) is 2.01. The quantitative estimate of drug-likeness (QED) is 0.926. The summed E-state index contributed by atoms with van der Waals surface area (Å²) in [6.07, 6.45) is -2.74. The van der Waals surface area contributed by atoms with E-state index in [9.17, 15) is 18.0 Å². The smallest absolute Gasteiger partial charge is 0.360 e. The van der Waals surface area contributed by atoms with Crippen LogP contribution in [-0.4, -0.2) is 35.4 Å². The Labute approximate surface area is 119 Å². The number of carbonyl (C=O) groups is 1. The highest BCUT2D eigenvalue weighted by molar-refractivity contribution is 5.81. The summed E-state index contributed by atoms with van der Waals surface area (Å²) in [5.41, 5.74) is -1.13. The maximum atomic E-state index is 12.6. The molecule has 0 aliphatic carbocycles. The molecule has 1 N–H and O–H groups in total. The van der Waals surface area contributed by atoms with Crippen molar-refractivity contribution in [2.24, 2.45) is 0 Å². The minimum absolute atomic E-state index is 0.0304. The number of aromatic nitrogens is 1. The van der Waals surface area contributed by atoms with Crippen LogP contribution in [-0.2, 0) is 11.0 Å². The van der Waals surface area contributed by atoms with Gasteiger partial charge in [0.2, 0.25) is 5.91 Å². The number of anilines is 1. The molecule has 0 bridgehead atoms. The second-order valence-electron chi connectivity index (χ2n) is 4.64. The molecule has 2 rings (SSSR count). The summed E-state index contributed by atoms with van der Waals surface area (Å²) in [5, 5.41) is 11.4. The van der Waals surface area contributed by atoms with E-state index in [-0.39, 0.29) is 23.8 Å². The molecule has 1 aromatic rings. The number of amides is 1. The lowest BCUT2D eigenvalue weighted by atomic mass is 10.2. The lowest BCUT2D eigenvalue weighted by Gasteiger charge is -2.16. The lowest BCUT2D eigenvalue weighted by molar-refractivity contribution is -0.141. The number of rotatable bonds is 3. The number of hydrogen-bond acceptors (Lipinski definition) is 4. The van der Waals surface area contributed by atoms with Crippen LogP contribution >= 0.6 is 0 Å². The van der Waals surface area contributed by atoms with Crippen LogP contribution in [0.1, 0.15) is 24.1 Å². The molecule has 0 atom stereocenters. The normalized spacial score (nSPS) is 14.9. The van der Waals surface area contributed by atoms with Gasteiger partial charge in [0.15, 0.2) is 0 Å². The number of nitriles is 1. The molecule has 0 radical (unpaired) electrons. The Balaban J connectivity index is 2.10. The van der Waals surface area contributed by atoms with E-state index >= 15 is 0 Å². The first kappa shape index (κ1) is 15.1. The first-order chi connectivity index (χ1) is 9.91. The van der Waals surface area contributed by atoms with E-state index in [0.717, 1.165) is 25.0 Å². The number of hydrogen-bond donors (Lipinski definition) is 1. The highest BCUT2D eigenvalue weighted by Crippen LogP contribution is 2.29. The Kier molecular flexibility index (Phi) is 4.31. The Morgan fingerprint density at radius 1 is 1.38 bits per heavy atom. The van der Waals surface area contributed by atoms with Gasteiger partial charge in [0.1, 0.15) is 17.6 Å². The Morgan fingerprint density at radius 2 is 2.05 bits per heavy atom. The Hall–Kier alpha value is -2.30. The van der Waals surface area contributed by atoms with Crippen molar-refractivity contribution in [1.82, 2.24) is 9.88 Å². The molecule has 0 aromatic carbocycles. The van der Waals surface area contributed by atoms with E-state index in [2.05, 4.69) is 10.3 Å². The first-order valence-electron chi connectivity index (χ1n) is 6.42. The Morgan fingerprint density at radius 3 is 2.62 bits per heavy atom. The highest BCUT2D eigenvalue weighted by atomic mass is 19.4. The largest absolute Gasteiger partial charge is 0.433 e. The van der Waals surface area contributed by atoms with Crippen molar-refractivity contribution < 1.29 is 18.0 Å². The first-order valence-corrected chi connectivity index (χ1v) is 6.42. The molecule has 1 aliphatic rings. The monoisotopic (exact) mass is 298 g/mol. The van der Waals surface area contributed by atoms with Gasteiger partial charge in [-0.25, -0.2) is 4.98 Å². The van der Waals surface area contributed by atoms with E-state index in [1.165, 1.54) is 0 Å². The molecular formula is C13H13F3N4O. The predicted molar refractivity (Wildman–Crippen MR) is 68.3 cm³/mol. The molecule has 2 heterocycles. The maximum absolute atomic E-state index is 12.6. The second kappa shape index (κ2) is 5.99. The fraction of sp³-hybridized carbons (Fsp3) is 0.462. The van der Waals surface area contributed by atoms with Crippen molar-refractivity contribution in [3.05, 3.63) is 23.4 Å². The van der Waals surface area contributed by atoms with Crippen LogP contribution < -0.4 is 5.32 Å². The van der Waals surface area contributed by atoms with Crippen LogP contribution in [0.3, 0.4) is 0 Å². The summed E-state index contributed by atoms with van der Waals surface area (Å²) in [6.45, 7) is 1.13. The number of carbonyl (C=O) groups excluding carboxylic acids is 1. The third-order valence-corrected chi connectivity index (χ3v) is 3.17. The van der Waals surface area contributed by atoms with Crippen LogP contribution in [0.5, 0.6) is 0 Å². The molecule has 0 spiro atoms. The van der Waals surface area contributed by atoms with Crippen LogP contribution in [0.25, 0.3) is 0 Å². The van der Waals surface area contributed by atoms with Gasteiger partial charge in [-0.05, 0) is 25.0 Å². The zero-order valence-corrected chi connectivity index (χ0v) is 11.1. The average Bonchev–Trinajstić information content (AvgIpc) is 2.97. The molecule has 0 saturated carbocycles. The molecule has 8 heteroatoms. The SMILES string of the molecule is N#Cc1ccc(C(F)(F)F)nc1NCC(=O)N1CCCC1. The van der Waals surface area contributed by atoms with Crippen molar-refractivity contribution in [3.63, 3.8) is 0 Å². The fourth-order valence-corrected chi connectivity index (χ4v) is 2.08. The third-order valence-electron chi connectivity index (χ3n) is 3.17. The molecule has 21 heavy (non-hydrogen) atoms. The van der Waals surface area contributed by atoms with Gasteiger partial charge in [0.25, 0.3) is 0 Å². The molecular weight excluding hydrogens is 285 g/mol. The minimum Gasteiger partial charge on any atom is -0.360 e. The minimum atomic E-state index is -4.59. The van der Waals surface area contributed by atoms with Crippen LogP contribution in [0.2, 0.25) is 0 Å². The number of pyridine rings is 1. The van der Waals surface area contributed by atoms with Gasteiger partial charge in [0, 0.05) is 13.1 Å². The van der Waals surface area contributed by atoms with Gasteiger partial charge in [0.05, 0.1) is 12.1 Å². The van der Waals surface area contributed by atoms with Gasteiger partial charge in [-0.3, -0.25) is 4.79 Å². The van der Waals surface area contributed by atoms with E-state index in [1.54, 1.807) is 11.0 Å². The molecule has 1 aliphatic heterocycles. The third kappa shape index (κ3) is 3.62. The standard InChI is InChI=1S/C13H13F3N4O/c14-13(15,16)10-4-3-9(7-17)12(19-10)18-8-11(21)20-5-1-2-6-20/h3-4H,1-2,5-6,8H2,(H,18,19). The summed E-state index contributed by atoms with van der Waals surface area (Å²) in [5.74, 6) is -0.435. The summed E-state index contributed by atoms with van der Waals surface area (Å²) < 4.78 is 37.8. The molecule has 0 unspecified atom stereocenters. The molecule has 1 aromatic heterocycles. The highest BCUT2D eigenvalue weighted by Gasteiger charge is 2.33. The number of nitrogens with zero attached hydrogens (tertiary/aromatic N) is 3. The second-order valence-corrected chi connectivity index (χ2v) is 4.64. The molecule has 1 amide bonds. The van der Waals surface area contributed by atoms with Crippen molar-refractivity contribution >= 4 is 11.7 Å². The van der Waals surface area contributed by atoms with Gasteiger partial charge < -0.3 is 10.2 Å². The van der Waals surface area contributed by atoms with Crippen molar-refractivity contribution in [3.8, 4) is 6.07 Å². The molecule has 5 nitrogen and oxygen atoms in total. The van der Waals surface area contributed by atoms with E-state index in [0.29, 0.717) is 13.1 Å². The van der Waals surface area contributed by atoms with Crippen molar-refractivity contribution in [2.45, 2.75) is 19.0 Å². The van der Waals surface area contributed by atoms with E-state index in [1.807, 2.05) is 0 Å². The average molecular weight is 298 g/mol.